The summed E-state index contributed by atoms with van der Waals surface area (Å²) in [6, 6.07) is 6.22. The van der Waals surface area contributed by atoms with Gasteiger partial charge in [0.15, 0.2) is 0 Å². The smallest absolute Gasteiger partial charge is 0.257 e. The summed E-state index contributed by atoms with van der Waals surface area (Å²) in [4.78, 5) is 29.4. The Labute approximate surface area is 183 Å². The maximum absolute atomic E-state index is 14.2. The highest BCUT2D eigenvalue weighted by Crippen LogP contribution is 2.32. The number of hydrogen-bond donors (Lipinski definition) is 0. The van der Waals surface area contributed by atoms with Gasteiger partial charge in [0.1, 0.15) is 11.6 Å². The van der Waals surface area contributed by atoms with E-state index in [9.17, 15) is 9.18 Å². The first-order chi connectivity index (χ1) is 15.1. The van der Waals surface area contributed by atoms with Crippen molar-refractivity contribution in [2.75, 3.05) is 42.5 Å². The molecule has 0 N–H and O–H groups in total. The summed E-state index contributed by atoms with van der Waals surface area (Å²) in [5.41, 5.74) is 2.21. The van der Waals surface area contributed by atoms with Crippen molar-refractivity contribution < 1.29 is 9.18 Å². The molecular weight excluding hydrogens is 393 g/mol. The molecule has 0 saturated carbocycles. The average Bonchev–Trinajstić information content (AvgIpc) is 3.33. The maximum atomic E-state index is 14.2. The van der Waals surface area contributed by atoms with E-state index < -0.39 is 5.82 Å². The first-order valence-corrected chi connectivity index (χ1v) is 11.5. The number of fused-ring (bicyclic) bond motifs is 1. The van der Waals surface area contributed by atoms with E-state index in [1.807, 2.05) is 0 Å². The number of benzene rings is 1. The number of halogens is 1. The van der Waals surface area contributed by atoms with Gasteiger partial charge in [-0.05, 0) is 43.7 Å². The SMILES string of the molecule is CC1CCN(c2nc3c(c(N4CCCC4)n2)CN(C(=O)c2ccccc2F)CC3)CC1. The van der Waals surface area contributed by atoms with E-state index in [0.29, 0.717) is 19.5 Å². The topological polar surface area (TPSA) is 52.6 Å². The number of piperidine rings is 1. The van der Waals surface area contributed by atoms with Crippen LogP contribution in [0.3, 0.4) is 0 Å². The summed E-state index contributed by atoms with van der Waals surface area (Å²) >= 11 is 0. The van der Waals surface area contributed by atoms with Gasteiger partial charge < -0.3 is 14.7 Å². The van der Waals surface area contributed by atoms with E-state index in [-0.39, 0.29) is 11.5 Å². The zero-order chi connectivity index (χ0) is 21.4. The van der Waals surface area contributed by atoms with E-state index in [0.717, 1.165) is 68.0 Å². The second-order valence-corrected chi connectivity index (χ2v) is 9.09. The highest BCUT2D eigenvalue weighted by Gasteiger charge is 2.31. The lowest BCUT2D eigenvalue weighted by molar-refractivity contribution is 0.0729. The van der Waals surface area contributed by atoms with E-state index in [2.05, 4.69) is 16.7 Å². The van der Waals surface area contributed by atoms with Gasteiger partial charge >= 0.3 is 0 Å². The molecule has 1 amide bonds. The zero-order valence-corrected chi connectivity index (χ0v) is 18.2. The molecular formula is C24H30FN5O. The second-order valence-electron chi connectivity index (χ2n) is 9.09. The molecule has 1 aromatic heterocycles. The molecule has 7 heteroatoms. The largest absolute Gasteiger partial charge is 0.356 e. The normalized spacial score (nSPS) is 19.6. The molecule has 5 rings (SSSR count). The number of carbonyl (C=O) groups is 1. The minimum Gasteiger partial charge on any atom is -0.356 e. The minimum atomic E-state index is -0.469. The van der Waals surface area contributed by atoms with Crippen LogP contribution in [0.2, 0.25) is 0 Å². The lowest BCUT2D eigenvalue weighted by atomic mass is 9.99. The molecule has 3 aliphatic rings. The van der Waals surface area contributed by atoms with Crippen LogP contribution in [-0.4, -0.2) is 53.5 Å². The maximum Gasteiger partial charge on any atom is 0.257 e. The Balaban J connectivity index is 1.46. The summed E-state index contributed by atoms with van der Waals surface area (Å²) in [6.07, 6.45) is 5.34. The van der Waals surface area contributed by atoms with Gasteiger partial charge in [-0.3, -0.25) is 4.79 Å². The molecule has 0 unspecified atom stereocenters. The number of anilines is 2. The van der Waals surface area contributed by atoms with Crippen molar-refractivity contribution >= 4 is 17.7 Å². The van der Waals surface area contributed by atoms with Crippen molar-refractivity contribution in [3.63, 3.8) is 0 Å². The minimum absolute atomic E-state index is 0.133. The van der Waals surface area contributed by atoms with Gasteiger partial charge in [0.05, 0.1) is 17.8 Å². The van der Waals surface area contributed by atoms with Crippen LogP contribution in [0.4, 0.5) is 16.2 Å². The summed E-state index contributed by atoms with van der Waals surface area (Å²) < 4.78 is 14.2. The van der Waals surface area contributed by atoms with Gasteiger partial charge in [-0.2, -0.15) is 4.98 Å². The molecule has 3 aliphatic heterocycles. The molecule has 31 heavy (non-hydrogen) atoms. The van der Waals surface area contributed by atoms with Gasteiger partial charge in [-0.15, -0.1) is 0 Å². The molecule has 2 saturated heterocycles. The third kappa shape index (κ3) is 3.98. The third-order valence-corrected chi connectivity index (χ3v) is 6.89. The van der Waals surface area contributed by atoms with Crippen molar-refractivity contribution in [3.05, 3.63) is 46.9 Å². The fourth-order valence-corrected chi connectivity index (χ4v) is 4.90. The fourth-order valence-electron chi connectivity index (χ4n) is 4.90. The molecule has 4 heterocycles. The van der Waals surface area contributed by atoms with Gasteiger partial charge in [0.2, 0.25) is 5.95 Å². The highest BCUT2D eigenvalue weighted by atomic mass is 19.1. The van der Waals surface area contributed by atoms with Crippen LogP contribution in [0, 0.1) is 11.7 Å². The van der Waals surface area contributed by atoms with Crippen molar-refractivity contribution in [3.8, 4) is 0 Å². The van der Waals surface area contributed by atoms with Crippen molar-refractivity contribution in [2.24, 2.45) is 5.92 Å². The number of carbonyl (C=O) groups excluding carboxylic acids is 1. The lowest BCUT2D eigenvalue weighted by Gasteiger charge is -2.35. The summed E-state index contributed by atoms with van der Waals surface area (Å²) in [7, 11) is 0. The molecule has 0 spiro atoms. The van der Waals surface area contributed by atoms with Gasteiger partial charge in [0.25, 0.3) is 5.91 Å². The summed E-state index contributed by atoms with van der Waals surface area (Å²) in [5.74, 6) is 1.84. The Bertz CT molecular complexity index is 966. The molecule has 0 bridgehead atoms. The van der Waals surface area contributed by atoms with Crippen molar-refractivity contribution in [1.29, 1.82) is 0 Å². The Morgan fingerprint density at radius 2 is 1.74 bits per heavy atom. The van der Waals surface area contributed by atoms with Crippen LogP contribution in [0.1, 0.15) is 54.2 Å². The summed E-state index contributed by atoms with van der Waals surface area (Å²) in [5, 5.41) is 0. The number of hydrogen-bond acceptors (Lipinski definition) is 5. The number of aromatic nitrogens is 2. The standard InChI is InChI=1S/C24H30FN5O/c1-17-8-13-29(14-9-17)24-26-21-10-15-30(23(31)18-6-2-3-7-20(18)25)16-19(21)22(27-24)28-11-4-5-12-28/h2-3,6-7,17H,4-5,8-16H2,1H3. The first-order valence-electron chi connectivity index (χ1n) is 11.5. The molecule has 0 atom stereocenters. The molecule has 0 aliphatic carbocycles. The molecule has 0 radical (unpaired) electrons. The second kappa shape index (κ2) is 8.44. The fraction of sp³-hybridized carbons (Fsp3) is 0.542. The van der Waals surface area contributed by atoms with E-state index >= 15 is 0 Å². The number of amides is 1. The van der Waals surface area contributed by atoms with E-state index in [1.54, 1.807) is 23.1 Å². The van der Waals surface area contributed by atoms with Crippen LogP contribution < -0.4 is 9.80 Å². The van der Waals surface area contributed by atoms with Crippen molar-refractivity contribution in [2.45, 2.75) is 45.6 Å². The van der Waals surface area contributed by atoms with Crippen LogP contribution >= 0.6 is 0 Å². The van der Waals surface area contributed by atoms with Gasteiger partial charge in [-0.25, -0.2) is 9.37 Å². The Morgan fingerprint density at radius 1 is 1.00 bits per heavy atom. The van der Waals surface area contributed by atoms with Crippen molar-refractivity contribution in [1.82, 2.24) is 14.9 Å². The Kier molecular flexibility index (Phi) is 5.50. The van der Waals surface area contributed by atoms with Crippen LogP contribution in [-0.2, 0) is 13.0 Å². The quantitative estimate of drug-likeness (QED) is 0.754. The zero-order valence-electron chi connectivity index (χ0n) is 18.2. The third-order valence-electron chi connectivity index (χ3n) is 6.89. The highest BCUT2D eigenvalue weighted by molar-refractivity contribution is 5.94. The Hall–Kier alpha value is -2.70. The van der Waals surface area contributed by atoms with Crippen LogP contribution in [0.25, 0.3) is 0 Å². The predicted molar refractivity (Wildman–Crippen MR) is 119 cm³/mol. The molecule has 6 nitrogen and oxygen atoms in total. The molecule has 164 valence electrons. The molecule has 1 aromatic carbocycles. The summed E-state index contributed by atoms with van der Waals surface area (Å²) in [6.45, 7) is 7.26. The number of rotatable bonds is 3. The van der Waals surface area contributed by atoms with Crippen LogP contribution in [0.15, 0.2) is 24.3 Å². The van der Waals surface area contributed by atoms with Gasteiger partial charge in [0, 0.05) is 44.7 Å². The Morgan fingerprint density at radius 3 is 2.48 bits per heavy atom. The van der Waals surface area contributed by atoms with Gasteiger partial charge in [-0.1, -0.05) is 19.1 Å². The predicted octanol–water partition coefficient (Wildman–Crippen LogP) is 3.65. The first kappa shape index (κ1) is 20.2. The van der Waals surface area contributed by atoms with Crippen LogP contribution in [0.5, 0.6) is 0 Å². The lowest BCUT2D eigenvalue weighted by Crippen LogP contribution is -2.39. The molecule has 2 aromatic rings. The molecule has 2 fully saturated rings. The number of nitrogens with zero attached hydrogens (tertiary/aromatic N) is 5. The average molecular weight is 424 g/mol. The van der Waals surface area contributed by atoms with E-state index in [1.165, 1.54) is 18.9 Å². The monoisotopic (exact) mass is 423 g/mol. The van der Waals surface area contributed by atoms with E-state index in [4.69, 9.17) is 9.97 Å².